The van der Waals surface area contributed by atoms with E-state index in [1.807, 2.05) is 6.08 Å². The summed E-state index contributed by atoms with van der Waals surface area (Å²) in [6.07, 6.45) is 7.96. The molecule has 0 atom stereocenters. The molecule has 0 unspecified atom stereocenters. The molecule has 1 aliphatic carbocycles. The van der Waals surface area contributed by atoms with Crippen molar-refractivity contribution in [1.82, 2.24) is 24.9 Å². The molecule has 0 amide bonds. The minimum absolute atomic E-state index is 0.00662. The Morgan fingerprint density at radius 1 is 1.16 bits per heavy atom. The number of aryl methyl sites for hydroxylation is 1. The topological polar surface area (TPSA) is 84.3 Å². The highest BCUT2D eigenvalue weighted by Crippen LogP contribution is 2.41. The van der Waals surface area contributed by atoms with E-state index in [1.54, 1.807) is 4.52 Å². The van der Waals surface area contributed by atoms with Crippen LogP contribution in [-0.2, 0) is 16.6 Å². The highest BCUT2D eigenvalue weighted by atomic mass is 16.5. The molecular weight excluding hydrogens is 318 g/mol. The summed E-state index contributed by atoms with van der Waals surface area (Å²) in [6.45, 7) is 3.24. The summed E-state index contributed by atoms with van der Waals surface area (Å²) in [5, 5.41) is 6.62. The third-order valence-corrected chi connectivity index (χ3v) is 6.00. The quantitative estimate of drug-likeness (QED) is 0.814. The van der Waals surface area contributed by atoms with Gasteiger partial charge in [-0.25, -0.2) is 4.98 Å². The van der Waals surface area contributed by atoms with Gasteiger partial charge in [0.05, 0.1) is 18.9 Å². The third-order valence-electron chi connectivity index (χ3n) is 6.00. The predicted octanol–water partition coefficient (Wildman–Crippen LogP) is 1.18. The van der Waals surface area contributed by atoms with E-state index in [9.17, 15) is 4.79 Å². The predicted molar refractivity (Wildman–Crippen MR) is 93.7 cm³/mol. The molecule has 7 nitrogen and oxygen atoms in total. The van der Waals surface area contributed by atoms with Crippen LogP contribution >= 0.6 is 0 Å². The Hall–Kier alpha value is -1.99. The standard InChI is InChI=1S/C18H23N5O2/c24-16-14-13(2-1-5-18(14)6-8-19-9-7-18)20-17-21-15(22-23(16)17)12-3-10-25-11-4-12/h3,19H,1-2,4-11H2,(H,20,21,22). The van der Waals surface area contributed by atoms with E-state index < -0.39 is 0 Å². The summed E-state index contributed by atoms with van der Waals surface area (Å²) in [5.41, 5.74) is 3.05. The number of hydrogen-bond donors (Lipinski definition) is 2. The van der Waals surface area contributed by atoms with Crippen LogP contribution in [0.2, 0.25) is 0 Å². The van der Waals surface area contributed by atoms with E-state index in [1.165, 1.54) is 0 Å². The second kappa shape index (κ2) is 5.78. The fourth-order valence-corrected chi connectivity index (χ4v) is 4.68. The van der Waals surface area contributed by atoms with E-state index >= 15 is 0 Å². The first kappa shape index (κ1) is 15.3. The van der Waals surface area contributed by atoms with Gasteiger partial charge in [-0.3, -0.25) is 9.89 Å². The summed E-state index contributed by atoms with van der Waals surface area (Å²) in [7, 11) is 0. The first-order valence-electron chi connectivity index (χ1n) is 9.27. The number of H-pyrrole nitrogens is 1. The molecule has 2 aliphatic heterocycles. The van der Waals surface area contributed by atoms with Gasteiger partial charge in [-0.2, -0.15) is 9.50 Å². The largest absolute Gasteiger partial charge is 0.377 e. The maximum absolute atomic E-state index is 13.3. The van der Waals surface area contributed by atoms with Crippen molar-refractivity contribution in [3.05, 3.63) is 33.5 Å². The van der Waals surface area contributed by atoms with Crippen molar-refractivity contribution in [2.24, 2.45) is 0 Å². The van der Waals surface area contributed by atoms with Crippen molar-refractivity contribution in [3.8, 4) is 0 Å². The number of nitrogens with zero attached hydrogens (tertiary/aromatic N) is 3. The Morgan fingerprint density at radius 3 is 2.84 bits per heavy atom. The van der Waals surface area contributed by atoms with Gasteiger partial charge in [0.1, 0.15) is 0 Å². The minimum Gasteiger partial charge on any atom is -0.377 e. The lowest BCUT2D eigenvalue weighted by Crippen LogP contribution is -2.46. The van der Waals surface area contributed by atoms with Crippen LogP contribution in [0.15, 0.2) is 10.9 Å². The van der Waals surface area contributed by atoms with Gasteiger partial charge in [0, 0.05) is 11.0 Å². The summed E-state index contributed by atoms with van der Waals surface area (Å²) in [4.78, 5) is 22.7. The second-order valence-corrected chi connectivity index (χ2v) is 7.38. The zero-order chi connectivity index (χ0) is 16.9. The molecule has 2 aromatic rings. The smallest absolute Gasteiger partial charge is 0.278 e. The molecule has 132 valence electrons. The number of rotatable bonds is 1. The van der Waals surface area contributed by atoms with E-state index in [-0.39, 0.29) is 11.0 Å². The Labute approximate surface area is 145 Å². The minimum atomic E-state index is -0.00662. The van der Waals surface area contributed by atoms with Crippen LogP contribution in [0.4, 0.5) is 0 Å². The lowest BCUT2D eigenvalue weighted by atomic mass is 9.66. The summed E-state index contributed by atoms with van der Waals surface area (Å²) in [5.74, 6) is 1.24. The van der Waals surface area contributed by atoms with Gasteiger partial charge in [-0.1, -0.05) is 6.08 Å². The molecule has 0 saturated carbocycles. The highest BCUT2D eigenvalue weighted by Gasteiger charge is 2.41. The molecule has 5 rings (SSSR count). The summed E-state index contributed by atoms with van der Waals surface area (Å²) in [6, 6.07) is 0. The maximum atomic E-state index is 13.3. The van der Waals surface area contributed by atoms with Gasteiger partial charge in [0.2, 0.25) is 0 Å². The van der Waals surface area contributed by atoms with Gasteiger partial charge in [-0.15, -0.1) is 0 Å². The number of fused-ring (bicyclic) bond motifs is 3. The summed E-state index contributed by atoms with van der Waals surface area (Å²) >= 11 is 0. The monoisotopic (exact) mass is 341 g/mol. The van der Waals surface area contributed by atoms with E-state index in [2.05, 4.69) is 15.4 Å². The maximum Gasteiger partial charge on any atom is 0.278 e. The number of piperidine rings is 1. The molecular formula is C18H23N5O2. The van der Waals surface area contributed by atoms with Crippen molar-refractivity contribution < 1.29 is 4.74 Å². The first-order chi connectivity index (χ1) is 12.3. The van der Waals surface area contributed by atoms with Gasteiger partial charge < -0.3 is 10.1 Å². The van der Waals surface area contributed by atoms with E-state index in [0.29, 0.717) is 19.0 Å². The molecule has 0 bridgehead atoms. The molecule has 7 heteroatoms. The fourth-order valence-electron chi connectivity index (χ4n) is 4.68. The molecule has 1 fully saturated rings. The molecule has 0 aromatic carbocycles. The van der Waals surface area contributed by atoms with Crippen molar-refractivity contribution >= 4 is 11.4 Å². The molecule has 0 radical (unpaired) electrons. The molecule has 2 aromatic heterocycles. The average Bonchev–Trinajstić information content (AvgIpc) is 3.08. The fraction of sp³-hybridized carbons (Fsp3) is 0.611. The van der Waals surface area contributed by atoms with Gasteiger partial charge in [0.25, 0.3) is 11.3 Å². The molecule has 2 N–H and O–H groups in total. The molecule has 1 spiro atoms. The van der Waals surface area contributed by atoms with Gasteiger partial charge in [0.15, 0.2) is 5.82 Å². The van der Waals surface area contributed by atoms with E-state index in [0.717, 1.165) is 74.3 Å². The second-order valence-electron chi connectivity index (χ2n) is 7.38. The lowest BCUT2D eigenvalue weighted by Gasteiger charge is -2.40. The Bertz CT molecular complexity index is 904. The number of hydrogen-bond acceptors (Lipinski definition) is 5. The number of ether oxygens (including phenoxy) is 1. The van der Waals surface area contributed by atoms with Crippen molar-refractivity contribution in [2.45, 2.75) is 43.9 Å². The molecule has 1 saturated heterocycles. The zero-order valence-electron chi connectivity index (χ0n) is 14.3. The summed E-state index contributed by atoms with van der Waals surface area (Å²) < 4.78 is 6.92. The zero-order valence-corrected chi connectivity index (χ0v) is 14.3. The van der Waals surface area contributed by atoms with Crippen LogP contribution in [0.25, 0.3) is 11.4 Å². The normalized spacial score (nSPS) is 22.8. The highest BCUT2D eigenvalue weighted by molar-refractivity contribution is 5.61. The number of aromatic nitrogens is 4. The van der Waals surface area contributed by atoms with Crippen molar-refractivity contribution in [2.75, 3.05) is 26.3 Å². The average molecular weight is 341 g/mol. The molecule has 25 heavy (non-hydrogen) atoms. The Morgan fingerprint density at radius 2 is 2.04 bits per heavy atom. The Balaban J connectivity index is 1.68. The van der Waals surface area contributed by atoms with Crippen LogP contribution in [0.3, 0.4) is 0 Å². The van der Waals surface area contributed by atoms with Crippen LogP contribution in [0, 0.1) is 0 Å². The Kier molecular flexibility index (Phi) is 3.53. The van der Waals surface area contributed by atoms with Crippen molar-refractivity contribution in [3.63, 3.8) is 0 Å². The first-order valence-corrected chi connectivity index (χ1v) is 9.27. The van der Waals surface area contributed by atoms with E-state index in [4.69, 9.17) is 9.72 Å². The molecule has 4 heterocycles. The molecule has 3 aliphatic rings. The SMILES string of the molecule is O=c1c2c(nc3nc(C4=CCOCC4)[nH]n13)CCCC21CCNCC1. The van der Waals surface area contributed by atoms with Crippen molar-refractivity contribution in [1.29, 1.82) is 0 Å². The van der Waals surface area contributed by atoms with Crippen LogP contribution in [0.1, 0.15) is 49.2 Å². The number of aromatic amines is 1. The third kappa shape index (κ3) is 2.37. The van der Waals surface area contributed by atoms with Crippen LogP contribution in [-0.4, -0.2) is 45.9 Å². The number of nitrogens with one attached hydrogen (secondary N) is 2. The van der Waals surface area contributed by atoms with Gasteiger partial charge >= 0.3 is 0 Å². The van der Waals surface area contributed by atoms with Crippen LogP contribution < -0.4 is 10.9 Å². The van der Waals surface area contributed by atoms with Gasteiger partial charge in [-0.05, 0) is 57.2 Å². The van der Waals surface area contributed by atoms with Crippen LogP contribution in [0.5, 0.6) is 0 Å². The lowest BCUT2D eigenvalue weighted by molar-refractivity contribution is 0.161.